The van der Waals surface area contributed by atoms with Crippen LogP contribution in [0.4, 0.5) is 0 Å². The minimum absolute atomic E-state index is 0.315. The SMILES string of the molecule is CCn1nc(C)c(Cl)c1COc1ccc(C=O)nc1. The van der Waals surface area contributed by atoms with Gasteiger partial charge < -0.3 is 4.74 Å². The van der Waals surface area contributed by atoms with Crippen molar-refractivity contribution >= 4 is 17.9 Å². The standard InChI is InChI=1S/C13H14ClN3O2/c1-3-17-12(13(14)9(2)16-17)8-19-11-5-4-10(7-18)15-6-11/h4-7H,3,8H2,1-2H3. The lowest BCUT2D eigenvalue weighted by Gasteiger charge is -2.08. The number of pyridine rings is 1. The maximum atomic E-state index is 10.5. The lowest BCUT2D eigenvalue weighted by Crippen LogP contribution is -2.06. The number of aromatic nitrogens is 3. The van der Waals surface area contributed by atoms with Gasteiger partial charge in [0.15, 0.2) is 6.29 Å². The van der Waals surface area contributed by atoms with E-state index in [0.29, 0.717) is 29.4 Å². The summed E-state index contributed by atoms with van der Waals surface area (Å²) in [6.07, 6.45) is 2.20. The zero-order chi connectivity index (χ0) is 13.8. The van der Waals surface area contributed by atoms with Crippen molar-refractivity contribution in [2.75, 3.05) is 0 Å². The molecule has 5 nitrogen and oxygen atoms in total. The van der Waals surface area contributed by atoms with Gasteiger partial charge in [-0.15, -0.1) is 0 Å². The summed E-state index contributed by atoms with van der Waals surface area (Å²) < 4.78 is 7.41. The Morgan fingerprint density at radius 2 is 2.26 bits per heavy atom. The summed E-state index contributed by atoms with van der Waals surface area (Å²) in [6.45, 7) is 4.90. The molecular weight excluding hydrogens is 266 g/mol. The molecule has 19 heavy (non-hydrogen) atoms. The molecule has 2 heterocycles. The monoisotopic (exact) mass is 279 g/mol. The van der Waals surface area contributed by atoms with Crippen LogP contribution in [0.2, 0.25) is 5.02 Å². The Balaban J connectivity index is 2.11. The number of hydrogen-bond acceptors (Lipinski definition) is 4. The lowest BCUT2D eigenvalue weighted by molar-refractivity contribution is 0.111. The van der Waals surface area contributed by atoms with Crippen LogP contribution in [0.15, 0.2) is 18.3 Å². The summed E-state index contributed by atoms with van der Waals surface area (Å²) in [6, 6.07) is 3.30. The van der Waals surface area contributed by atoms with Gasteiger partial charge in [0.1, 0.15) is 18.1 Å². The molecule has 0 aromatic carbocycles. The molecule has 6 heteroatoms. The number of halogens is 1. The van der Waals surface area contributed by atoms with Gasteiger partial charge in [0, 0.05) is 6.54 Å². The molecule has 0 unspecified atom stereocenters. The summed E-state index contributed by atoms with van der Waals surface area (Å²) in [5, 5.41) is 4.94. The van der Waals surface area contributed by atoms with Crippen molar-refractivity contribution in [2.24, 2.45) is 0 Å². The van der Waals surface area contributed by atoms with E-state index < -0.39 is 0 Å². The van der Waals surface area contributed by atoms with E-state index in [0.717, 1.165) is 17.9 Å². The summed E-state index contributed by atoms with van der Waals surface area (Å²) in [4.78, 5) is 14.4. The predicted molar refractivity (Wildman–Crippen MR) is 71.6 cm³/mol. The van der Waals surface area contributed by atoms with E-state index in [-0.39, 0.29) is 0 Å². The summed E-state index contributed by atoms with van der Waals surface area (Å²) in [7, 11) is 0. The molecule has 0 bridgehead atoms. The predicted octanol–water partition coefficient (Wildman–Crippen LogP) is 2.65. The van der Waals surface area contributed by atoms with Gasteiger partial charge in [-0.2, -0.15) is 5.10 Å². The second-order valence-electron chi connectivity index (χ2n) is 3.99. The molecule has 100 valence electrons. The van der Waals surface area contributed by atoms with Crippen molar-refractivity contribution in [1.29, 1.82) is 0 Å². The van der Waals surface area contributed by atoms with E-state index in [4.69, 9.17) is 16.3 Å². The van der Waals surface area contributed by atoms with E-state index >= 15 is 0 Å². The van der Waals surface area contributed by atoms with Crippen LogP contribution >= 0.6 is 11.6 Å². The van der Waals surface area contributed by atoms with Crippen molar-refractivity contribution in [3.8, 4) is 5.75 Å². The Hall–Kier alpha value is -1.88. The first-order valence-corrected chi connectivity index (χ1v) is 6.29. The molecule has 0 aliphatic rings. The topological polar surface area (TPSA) is 57.0 Å². The van der Waals surface area contributed by atoms with Crippen LogP contribution in [0.3, 0.4) is 0 Å². The first-order chi connectivity index (χ1) is 9.15. The fourth-order valence-electron chi connectivity index (χ4n) is 1.71. The smallest absolute Gasteiger partial charge is 0.168 e. The maximum absolute atomic E-state index is 10.5. The van der Waals surface area contributed by atoms with Crippen molar-refractivity contribution in [2.45, 2.75) is 27.0 Å². The number of rotatable bonds is 5. The molecule has 0 atom stereocenters. The van der Waals surface area contributed by atoms with Crippen molar-refractivity contribution in [3.63, 3.8) is 0 Å². The molecular formula is C13H14ClN3O2. The van der Waals surface area contributed by atoms with Crippen molar-refractivity contribution < 1.29 is 9.53 Å². The molecule has 0 spiro atoms. The molecule has 0 aliphatic heterocycles. The zero-order valence-electron chi connectivity index (χ0n) is 10.8. The quantitative estimate of drug-likeness (QED) is 0.790. The van der Waals surface area contributed by atoms with Crippen LogP contribution in [-0.4, -0.2) is 21.1 Å². The second kappa shape index (κ2) is 5.84. The Kier molecular flexibility index (Phi) is 4.16. The number of carbonyl (C=O) groups excluding carboxylic acids is 1. The highest BCUT2D eigenvalue weighted by Crippen LogP contribution is 2.22. The van der Waals surface area contributed by atoms with Crippen LogP contribution in [-0.2, 0) is 13.2 Å². The Morgan fingerprint density at radius 1 is 1.47 bits per heavy atom. The summed E-state index contributed by atoms with van der Waals surface area (Å²) in [5.74, 6) is 0.586. The number of ether oxygens (including phenoxy) is 1. The fourth-order valence-corrected chi connectivity index (χ4v) is 1.90. The van der Waals surface area contributed by atoms with Gasteiger partial charge in [-0.3, -0.25) is 9.48 Å². The molecule has 0 saturated heterocycles. The summed E-state index contributed by atoms with van der Waals surface area (Å²) >= 11 is 6.18. The van der Waals surface area contributed by atoms with Crippen LogP contribution in [0.5, 0.6) is 5.75 Å². The van der Waals surface area contributed by atoms with Crippen LogP contribution in [0.1, 0.15) is 28.8 Å². The lowest BCUT2D eigenvalue weighted by atomic mass is 10.3. The van der Waals surface area contributed by atoms with Gasteiger partial charge in [0.25, 0.3) is 0 Å². The Morgan fingerprint density at radius 3 is 2.84 bits per heavy atom. The van der Waals surface area contributed by atoms with Gasteiger partial charge >= 0.3 is 0 Å². The molecule has 0 amide bonds. The fraction of sp³-hybridized carbons (Fsp3) is 0.308. The number of hydrogen-bond donors (Lipinski definition) is 0. The number of nitrogens with zero attached hydrogens (tertiary/aromatic N) is 3. The van der Waals surface area contributed by atoms with Gasteiger partial charge in [-0.05, 0) is 26.0 Å². The second-order valence-corrected chi connectivity index (χ2v) is 4.37. The number of aldehydes is 1. The van der Waals surface area contributed by atoms with E-state index in [2.05, 4.69) is 10.1 Å². The molecule has 0 radical (unpaired) electrons. The first-order valence-electron chi connectivity index (χ1n) is 5.91. The van der Waals surface area contributed by atoms with Gasteiger partial charge in [0.05, 0.1) is 22.6 Å². The van der Waals surface area contributed by atoms with Gasteiger partial charge in [0.2, 0.25) is 0 Å². The number of carbonyl (C=O) groups is 1. The molecule has 0 aliphatic carbocycles. The van der Waals surface area contributed by atoms with E-state index in [9.17, 15) is 4.79 Å². The van der Waals surface area contributed by atoms with Crippen molar-refractivity contribution in [3.05, 3.63) is 40.4 Å². The average molecular weight is 280 g/mol. The minimum atomic E-state index is 0.315. The Labute approximate surface area is 116 Å². The van der Waals surface area contributed by atoms with Gasteiger partial charge in [-0.25, -0.2) is 4.98 Å². The largest absolute Gasteiger partial charge is 0.486 e. The zero-order valence-corrected chi connectivity index (χ0v) is 11.5. The maximum Gasteiger partial charge on any atom is 0.168 e. The third-order valence-corrected chi connectivity index (χ3v) is 3.20. The third-order valence-electron chi connectivity index (χ3n) is 2.71. The average Bonchev–Trinajstić information content (AvgIpc) is 2.72. The van der Waals surface area contributed by atoms with Gasteiger partial charge in [-0.1, -0.05) is 11.6 Å². The molecule has 2 aromatic heterocycles. The minimum Gasteiger partial charge on any atom is -0.486 e. The van der Waals surface area contributed by atoms with E-state index in [1.807, 2.05) is 18.5 Å². The number of aryl methyl sites for hydroxylation is 2. The third kappa shape index (κ3) is 2.93. The van der Waals surface area contributed by atoms with Crippen LogP contribution in [0, 0.1) is 6.92 Å². The molecule has 0 saturated carbocycles. The van der Waals surface area contributed by atoms with E-state index in [1.165, 1.54) is 6.20 Å². The van der Waals surface area contributed by atoms with E-state index in [1.54, 1.807) is 12.1 Å². The van der Waals surface area contributed by atoms with Crippen molar-refractivity contribution in [1.82, 2.24) is 14.8 Å². The van der Waals surface area contributed by atoms with Crippen LogP contribution in [0.25, 0.3) is 0 Å². The molecule has 0 N–H and O–H groups in total. The van der Waals surface area contributed by atoms with Crippen LogP contribution < -0.4 is 4.74 Å². The summed E-state index contributed by atoms with van der Waals surface area (Å²) in [5.41, 5.74) is 2.00. The molecule has 2 aromatic rings. The highest BCUT2D eigenvalue weighted by Gasteiger charge is 2.13. The normalized spacial score (nSPS) is 10.5. The highest BCUT2D eigenvalue weighted by molar-refractivity contribution is 6.31. The highest BCUT2D eigenvalue weighted by atomic mass is 35.5. The first kappa shape index (κ1) is 13.5. The Bertz CT molecular complexity index is 578. The molecule has 0 fully saturated rings. The molecule has 2 rings (SSSR count).